The van der Waals surface area contributed by atoms with Gasteiger partial charge in [0.1, 0.15) is 5.92 Å². The number of amidine groups is 1. The molecule has 0 aliphatic carbocycles. The Bertz CT molecular complexity index is 440. The number of carbonyl (C=O) groups excluding carboxylic acids is 2. The van der Waals surface area contributed by atoms with Crippen molar-refractivity contribution in [3.8, 4) is 0 Å². The van der Waals surface area contributed by atoms with Gasteiger partial charge in [-0.2, -0.15) is 9.98 Å². The molecule has 0 N–H and O–H groups in total. The maximum Gasteiger partial charge on any atom is 0.320 e. The molecule has 0 spiro atoms. The zero-order valence-corrected chi connectivity index (χ0v) is 11.1. The fraction of sp³-hybridized carbons (Fsp3) is 0.400. The minimum Gasteiger partial charge on any atom is -0.480 e. The van der Waals surface area contributed by atoms with Gasteiger partial charge in [-0.3, -0.25) is 9.59 Å². The number of hydrogen-bond acceptors (Lipinski definition) is 4. The summed E-state index contributed by atoms with van der Waals surface area (Å²) in [5.41, 5.74) is 0. The molecule has 1 amide bonds. The molecule has 0 aromatic rings. The van der Waals surface area contributed by atoms with E-state index in [0.717, 1.165) is 0 Å². The largest absolute Gasteiger partial charge is 0.480 e. The first-order valence-corrected chi connectivity index (χ1v) is 5.46. The highest BCUT2D eigenvalue weighted by molar-refractivity contribution is 9.12. The number of esters is 1. The number of ether oxygens (including phenoxy) is 2. The normalized spacial score (nSPS) is 21.6. The van der Waals surface area contributed by atoms with Gasteiger partial charge in [0.2, 0.25) is 11.8 Å². The molecule has 0 saturated heterocycles. The lowest BCUT2D eigenvalue weighted by atomic mass is 10.1. The topological polar surface area (TPSA) is 77.3 Å². The summed E-state index contributed by atoms with van der Waals surface area (Å²) in [4.78, 5) is 30.1. The summed E-state index contributed by atoms with van der Waals surface area (Å²) in [7, 11) is 2.68. The standard InChI is InChI=1S/C10H11BrN2O4/c1-5(14)12-8-6(10(15)17-3)4-7(11)9(13-8)16-2/h4,6H,1-3H3. The van der Waals surface area contributed by atoms with Gasteiger partial charge >= 0.3 is 5.97 Å². The molecule has 0 saturated carbocycles. The van der Waals surface area contributed by atoms with E-state index in [4.69, 9.17) is 4.74 Å². The van der Waals surface area contributed by atoms with E-state index in [2.05, 4.69) is 30.7 Å². The second kappa shape index (κ2) is 5.72. The minimum absolute atomic E-state index is 0.0596. The molecule has 0 radical (unpaired) electrons. The van der Waals surface area contributed by atoms with Gasteiger partial charge < -0.3 is 9.47 Å². The van der Waals surface area contributed by atoms with Crippen LogP contribution in [0.15, 0.2) is 20.5 Å². The van der Waals surface area contributed by atoms with Crippen molar-refractivity contribution in [3.63, 3.8) is 0 Å². The summed E-state index contributed by atoms with van der Waals surface area (Å²) < 4.78 is 10.1. The zero-order valence-electron chi connectivity index (χ0n) is 9.56. The quantitative estimate of drug-likeness (QED) is 0.679. The second-order valence-electron chi connectivity index (χ2n) is 3.13. The number of aliphatic imine (C=N–C) groups is 2. The molecule has 1 aliphatic rings. The smallest absolute Gasteiger partial charge is 0.320 e. The molecule has 6 nitrogen and oxygen atoms in total. The van der Waals surface area contributed by atoms with E-state index in [0.29, 0.717) is 4.48 Å². The summed E-state index contributed by atoms with van der Waals surface area (Å²) in [6.07, 6.45) is 1.53. The van der Waals surface area contributed by atoms with Gasteiger partial charge in [0.15, 0.2) is 5.84 Å². The summed E-state index contributed by atoms with van der Waals surface area (Å²) in [6, 6.07) is 0. The second-order valence-corrected chi connectivity index (χ2v) is 3.98. The summed E-state index contributed by atoms with van der Waals surface area (Å²) in [5.74, 6) is -1.48. The number of carbonyl (C=O) groups is 2. The van der Waals surface area contributed by atoms with Crippen molar-refractivity contribution < 1.29 is 19.1 Å². The molecule has 1 heterocycles. The van der Waals surface area contributed by atoms with Gasteiger partial charge in [0.05, 0.1) is 18.7 Å². The first kappa shape index (κ1) is 13.6. The Hall–Kier alpha value is -1.50. The maximum atomic E-state index is 11.5. The van der Waals surface area contributed by atoms with Crippen LogP contribution in [0, 0.1) is 5.92 Å². The van der Waals surface area contributed by atoms with Gasteiger partial charge in [-0.15, -0.1) is 0 Å². The van der Waals surface area contributed by atoms with Crippen molar-refractivity contribution in [2.45, 2.75) is 6.92 Å². The molecule has 1 atom stereocenters. The van der Waals surface area contributed by atoms with E-state index in [1.807, 2.05) is 0 Å². The molecule has 0 aromatic carbocycles. The van der Waals surface area contributed by atoms with Gasteiger partial charge in [0, 0.05) is 6.92 Å². The van der Waals surface area contributed by atoms with Crippen LogP contribution in [0.25, 0.3) is 0 Å². The Labute approximate surface area is 107 Å². The highest BCUT2D eigenvalue weighted by atomic mass is 79.9. The number of dihydropyridines is 1. The Morgan fingerprint density at radius 3 is 2.59 bits per heavy atom. The predicted molar refractivity (Wildman–Crippen MR) is 65.1 cm³/mol. The first-order chi connectivity index (χ1) is 7.99. The molecule has 1 rings (SSSR count). The predicted octanol–water partition coefficient (Wildman–Crippen LogP) is 1.06. The highest BCUT2D eigenvalue weighted by Gasteiger charge is 2.29. The van der Waals surface area contributed by atoms with Gasteiger partial charge in [0.25, 0.3) is 0 Å². The number of hydrogen-bond donors (Lipinski definition) is 0. The average molecular weight is 303 g/mol. The summed E-state index contributed by atoms with van der Waals surface area (Å²) >= 11 is 3.20. The van der Waals surface area contributed by atoms with Gasteiger partial charge in [-0.25, -0.2) is 0 Å². The Morgan fingerprint density at radius 2 is 2.12 bits per heavy atom. The van der Waals surface area contributed by atoms with Crippen LogP contribution in [-0.4, -0.2) is 37.8 Å². The first-order valence-electron chi connectivity index (χ1n) is 4.67. The van der Waals surface area contributed by atoms with Crippen molar-refractivity contribution in [3.05, 3.63) is 10.6 Å². The van der Waals surface area contributed by atoms with Gasteiger partial charge in [-0.1, -0.05) is 0 Å². The highest BCUT2D eigenvalue weighted by Crippen LogP contribution is 2.21. The van der Waals surface area contributed by atoms with Crippen molar-refractivity contribution >= 4 is 39.5 Å². The van der Waals surface area contributed by atoms with Crippen molar-refractivity contribution in [2.75, 3.05) is 14.2 Å². The minimum atomic E-state index is -0.808. The number of nitrogens with zero attached hydrogens (tertiary/aromatic N) is 2. The number of rotatable bonds is 1. The zero-order chi connectivity index (χ0) is 13.0. The van der Waals surface area contributed by atoms with Crippen LogP contribution >= 0.6 is 15.9 Å². The number of halogens is 1. The monoisotopic (exact) mass is 302 g/mol. The number of methoxy groups -OCH3 is 2. The lowest BCUT2D eigenvalue weighted by Gasteiger charge is -2.16. The van der Waals surface area contributed by atoms with Crippen LogP contribution in [0.1, 0.15) is 6.92 Å². The molecular weight excluding hydrogens is 292 g/mol. The molecule has 17 heavy (non-hydrogen) atoms. The molecule has 7 heteroatoms. The third kappa shape index (κ3) is 3.23. The lowest BCUT2D eigenvalue weighted by molar-refractivity contribution is -0.141. The van der Waals surface area contributed by atoms with E-state index in [-0.39, 0.29) is 11.7 Å². The molecule has 0 aromatic heterocycles. The van der Waals surface area contributed by atoms with Gasteiger partial charge in [-0.05, 0) is 22.0 Å². The summed E-state index contributed by atoms with van der Waals surface area (Å²) in [5, 5.41) is 0. The number of amides is 1. The maximum absolute atomic E-state index is 11.5. The van der Waals surface area contributed by atoms with Crippen molar-refractivity contribution in [2.24, 2.45) is 15.9 Å². The van der Waals surface area contributed by atoms with Crippen molar-refractivity contribution in [1.82, 2.24) is 0 Å². The van der Waals surface area contributed by atoms with E-state index < -0.39 is 17.8 Å². The molecule has 0 fully saturated rings. The Balaban J connectivity index is 3.17. The average Bonchev–Trinajstić information content (AvgIpc) is 2.29. The van der Waals surface area contributed by atoms with Crippen molar-refractivity contribution in [1.29, 1.82) is 0 Å². The Kier molecular flexibility index (Phi) is 4.56. The van der Waals surface area contributed by atoms with Crippen LogP contribution in [0.3, 0.4) is 0 Å². The molecule has 92 valence electrons. The third-order valence-corrected chi connectivity index (χ3v) is 2.54. The molecular formula is C10H11BrN2O4. The third-order valence-electron chi connectivity index (χ3n) is 1.93. The van der Waals surface area contributed by atoms with E-state index >= 15 is 0 Å². The van der Waals surface area contributed by atoms with Crippen LogP contribution < -0.4 is 0 Å². The molecule has 1 aliphatic heterocycles. The van der Waals surface area contributed by atoms with E-state index in [1.54, 1.807) is 0 Å². The van der Waals surface area contributed by atoms with E-state index in [9.17, 15) is 9.59 Å². The van der Waals surface area contributed by atoms with Crippen LogP contribution in [0.4, 0.5) is 0 Å². The SMILES string of the molecule is COC(=O)C1C=C(Br)C(OC)=NC1=NC(C)=O. The van der Waals surface area contributed by atoms with Crippen LogP contribution in [0.2, 0.25) is 0 Å². The Morgan fingerprint density at radius 1 is 1.47 bits per heavy atom. The fourth-order valence-electron chi connectivity index (χ4n) is 1.22. The van der Waals surface area contributed by atoms with Crippen LogP contribution in [-0.2, 0) is 19.1 Å². The molecule has 1 unspecified atom stereocenters. The molecule has 0 bridgehead atoms. The summed E-state index contributed by atoms with van der Waals surface area (Å²) in [6.45, 7) is 1.27. The fourth-order valence-corrected chi connectivity index (χ4v) is 1.73. The lowest BCUT2D eigenvalue weighted by Crippen LogP contribution is -2.28. The van der Waals surface area contributed by atoms with Crippen LogP contribution in [0.5, 0.6) is 0 Å². The van der Waals surface area contributed by atoms with E-state index in [1.165, 1.54) is 27.2 Å².